The summed E-state index contributed by atoms with van der Waals surface area (Å²) in [5.41, 5.74) is 1.57. The molecule has 0 aromatic heterocycles. The first-order valence-corrected chi connectivity index (χ1v) is 9.93. The van der Waals surface area contributed by atoms with Gasteiger partial charge in [0.25, 0.3) is 11.8 Å². The van der Waals surface area contributed by atoms with Crippen molar-refractivity contribution in [1.82, 2.24) is 20.4 Å². The van der Waals surface area contributed by atoms with Gasteiger partial charge in [0.2, 0.25) is 11.8 Å². The summed E-state index contributed by atoms with van der Waals surface area (Å²) in [6, 6.07) is 4.65. The van der Waals surface area contributed by atoms with E-state index in [2.05, 4.69) is 15.5 Å². The molecule has 1 aromatic carbocycles. The number of ether oxygens (including phenoxy) is 1. The van der Waals surface area contributed by atoms with E-state index in [1.165, 1.54) is 0 Å². The van der Waals surface area contributed by atoms with Gasteiger partial charge in [0.1, 0.15) is 6.04 Å². The second kappa shape index (κ2) is 7.01. The maximum atomic E-state index is 12.9. The molecule has 0 bridgehead atoms. The highest BCUT2D eigenvalue weighted by Crippen LogP contribution is 2.29. The zero-order valence-electron chi connectivity index (χ0n) is 15.8. The number of rotatable bonds is 3. The number of morpholine rings is 1. The number of imide groups is 2. The quantitative estimate of drug-likeness (QED) is 0.646. The molecule has 4 amide bonds. The van der Waals surface area contributed by atoms with Crippen molar-refractivity contribution in [3.8, 4) is 0 Å². The normalized spacial score (nSPS) is 29.8. The largest absolute Gasteiger partial charge is 0.374 e. The van der Waals surface area contributed by atoms with Crippen LogP contribution in [-0.4, -0.2) is 77.9 Å². The molecule has 3 fully saturated rings. The average Bonchev–Trinajstić information content (AvgIpc) is 3.21. The second-order valence-corrected chi connectivity index (χ2v) is 7.99. The number of hydrogen-bond donors (Lipinski definition) is 2. The smallest absolute Gasteiger partial charge is 0.262 e. The fourth-order valence-corrected chi connectivity index (χ4v) is 4.68. The highest BCUT2D eigenvalue weighted by atomic mass is 16.5. The van der Waals surface area contributed by atoms with Crippen LogP contribution in [0, 0.1) is 0 Å². The molecule has 29 heavy (non-hydrogen) atoms. The Bertz CT molecular complexity index is 902. The summed E-state index contributed by atoms with van der Waals surface area (Å²) >= 11 is 0. The molecule has 0 radical (unpaired) electrons. The number of piperidine rings is 1. The number of amides is 4. The zero-order valence-corrected chi connectivity index (χ0v) is 15.8. The minimum absolute atomic E-state index is 0.114. The molecule has 4 aliphatic rings. The van der Waals surface area contributed by atoms with Crippen molar-refractivity contribution >= 4 is 23.6 Å². The first kappa shape index (κ1) is 18.4. The zero-order chi connectivity index (χ0) is 20.1. The Kier molecular flexibility index (Phi) is 4.45. The van der Waals surface area contributed by atoms with Gasteiger partial charge in [-0.3, -0.25) is 34.3 Å². The third-order valence-electron chi connectivity index (χ3n) is 6.09. The summed E-state index contributed by atoms with van der Waals surface area (Å²) in [4.78, 5) is 52.5. The molecule has 0 aliphatic carbocycles. The Labute approximate surface area is 167 Å². The van der Waals surface area contributed by atoms with Gasteiger partial charge in [0.15, 0.2) is 0 Å². The molecule has 4 aliphatic heterocycles. The molecule has 9 nitrogen and oxygen atoms in total. The van der Waals surface area contributed by atoms with Crippen LogP contribution in [0.1, 0.15) is 39.1 Å². The third kappa shape index (κ3) is 3.15. The molecule has 4 heterocycles. The fourth-order valence-electron chi connectivity index (χ4n) is 4.68. The Morgan fingerprint density at radius 2 is 1.90 bits per heavy atom. The van der Waals surface area contributed by atoms with Crippen LogP contribution in [0.25, 0.3) is 0 Å². The van der Waals surface area contributed by atoms with Gasteiger partial charge in [-0.15, -0.1) is 0 Å². The predicted octanol–water partition coefficient (Wildman–Crippen LogP) is -0.740. The lowest BCUT2D eigenvalue weighted by molar-refractivity contribution is -0.136. The van der Waals surface area contributed by atoms with Crippen LogP contribution in [-0.2, 0) is 20.9 Å². The fraction of sp³-hybridized carbons (Fsp3) is 0.500. The van der Waals surface area contributed by atoms with Gasteiger partial charge in [0, 0.05) is 38.6 Å². The van der Waals surface area contributed by atoms with Crippen molar-refractivity contribution < 1.29 is 23.9 Å². The third-order valence-corrected chi connectivity index (χ3v) is 6.09. The molecule has 3 atom stereocenters. The molecule has 2 N–H and O–H groups in total. The van der Waals surface area contributed by atoms with E-state index in [0.29, 0.717) is 23.7 Å². The lowest BCUT2D eigenvalue weighted by Crippen LogP contribution is -2.54. The Balaban J connectivity index is 1.33. The second-order valence-electron chi connectivity index (χ2n) is 7.99. The highest BCUT2D eigenvalue weighted by molar-refractivity contribution is 6.23. The molecule has 3 saturated heterocycles. The van der Waals surface area contributed by atoms with E-state index in [1.54, 1.807) is 12.1 Å². The van der Waals surface area contributed by atoms with Crippen molar-refractivity contribution in [3.05, 3.63) is 34.9 Å². The first-order chi connectivity index (χ1) is 14.0. The Morgan fingerprint density at radius 3 is 2.69 bits per heavy atom. The monoisotopic (exact) mass is 398 g/mol. The maximum Gasteiger partial charge on any atom is 0.262 e. The number of carbonyl (C=O) groups excluding carboxylic acids is 4. The first-order valence-electron chi connectivity index (χ1n) is 9.93. The van der Waals surface area contributed by atoms with E-state index in [4.69, 9.17) is 4.74 Å². The standard InChI is InChI=1S/C20H22N4O5/c25-17-4-3-15(18(26)22-17)24-19(27)12-2-1-11(7-13(12)20(24)28)8-23-9-14-16(10-23)29-6-5-21-14/h1-2,7,14-16,21H,3-6,8-10H2,(H,22,25,26)/t14-,15?,16+/m0/s1. The van der Waals surface area contributed by atoms with Gasteiger partial charge in [-0.05, 0) is 24.1 Å². The van der Waals surface area contributed by atoms with Crippen molar-refractivity contribution in [1.29, 1.82) is 0 Å². The number of nitrogens with zero attached hydrogens (tertiary/aromatic N) is 2. The van der Waals surface area contributed by atoms with Crippen molar-refractivity contribution in [3.63, 3.8) is 0 Å². The minimum atomic E-state index is -0.937. The topological polar surface area (TPSA) is 108 Å². The van der Waals surface area contributed by atoms with Gasteiger partial charge in [-0.1, -0.05) is 6.07 Å². The lowest BCUT2D eigenvalue weighted by atomic mass is 10.0. The lowest BCUT2D eigenvalue weighted by Gasteiger charge is -2.27. The van der Waals surface area contributed by atoms with Crippen molar-refractivity contribution in [2.24, 2.45) is 0 Å². The summed E-state index contributed by atoms with van der Waals surface area (Å²) in [7, 11) is 0. The van der Waals surface area contributed by atoms with Crippen LogP contribution in [0.4, 0.5) is 0 Å². The van der Waals surface area contributed by atoms with Crippen LogP contribution < -0.4 is 10.6 Å². The number of benzene rings is 1. The highest BCUT2D eigenvalue weighted by Gasteiger charge is 2.44. The van der Waals surface area contributed by atoms with Crippen LogP contribution in [0.5, 0.6) is 0 Å². The summed E-state index contributed by atoms with van der Waals surface area (Å²) in [6.45, 7) is 3.94. The molecule has 0 spiro atoms. The SMILES string of the molecule is O=C1CCC(N2C(=O)c3ccc(CN4C[C@@H]5NCCO[C@@H]5C4)cc3C2=O)C(=O)N1. The van der Waals surface area contributed by atoms with Gasteiger partial charge in [0.05, 0.1) is 23.8 Å². The molecular formula is C20H22N4O5. The number of fused-ring (bicyclic) bond motifs is 2. The summed E-state index contributed by atoms with van der Waals surface area (Å²) in [5.74, 6) is -1.92. The number of nitrogens with one attached hydrogen (secondary N) is 2. The molecular weight excluding hydrogens is 376 g/mol. The van der Waals surface area contributed by atoms with E-state index < -0.39 is 23.8 Å². The molecule has 5 rings (SSSR count). The van der Waals surface area contributed by atoms with E-state index >= 15 is 0 Å². The average molecular weight is 398 g/mol. The van der Waals surface area contributed by atoms with Crippen LogP contribution >= 0.6 is 0 Å². The summed E-state index contributed by atoms with van der Waals surface area (Å²) < 4.78 is 5.80. The van der Waals surface area contributed by atoms with Crippen molar-refractivity contribution in [2.75, 3.05) is 26.2 Å². The Hall–Kier alpha value is -2.62. The van der Waals surface area contributed by atoms with Crippen LogP contribution in [0.15, 0.2) is 18.2 Å². The summed E-state index contributed by atoms with van der Waals surface area (Å²) in [6.07, 6.45) is 0.457. The molecule has 152 valence electrons. The van der Waals surface area contributed by atoms with E-state index in [1.807, 2.05) is 6.07 Å². The van der Waals surface area contributed by atoms with E-state index in [0.717, 1.165) is 36.7 Å². The predicted molar refractivity (Wildman–Crippen MR) is 99.9 cm³/mol. The molecule has 0 saturated carbocycles. The van der Waals surface area contributed by atoms with Gasteiger partial charge >= 0.3 is 0 Å². The van der Waals surface area contributed by atoms with Crippen LogP contribution in [0.3, 0.4) is 0 Å². The number of hydrogen-bond acceptors (Lipinski definition) is 7. The van der Waals surface area contributed by atoms with Gasteiger partial charge in [-0.2, -0.15) is 0 Å². The van der Waals surface area contributed by atoms with Crippen LogP contribution in [0.2, 0.25) is 0 Å². The van der Waals surface area contributed by atoms with Gasteiger partial charge in [-0.25, -0.2) is 0 Å². The number of carbonyl (C=O) groups is 4. The van der Waals surface area contributed by atoms with Crippen molar-refractivity contribution in [2.45, 2.75) is 37.6 Å². The number of likely N-dealkylation sites (tertiary alicyclic amines) is 1. The minimum Gasteiger partial charge on any atom is -0.374 e. The maximum absolute atomic E-state index is 12.9. The molecule has 1 unspecified atom stereocenters. The summed E-state index contributed by atoms with van der Waals surface area (Å²) in [5, 5.41) is 5.68. The Morgan fingerprint density at radius 1 is 1.07 bits per heavy atom. The van der Waals surface area contributed by atoms with Gasteiger partial charge < -0.3 is 10.1 Å². The molecule has 9 heteroatoms. The van der Waals surface area contributed by atoms with E-state index in [9.17, 15) is 19.2 Å². The molecule has 1 aromatic rings. The van der Waals surface area contributed by atoms with E-state index in [-0.39, 0.29) is 24.9 Å².